The van der Waals surface area contributed by atoms with Crippen LogP contribution in [0.3, 0.4) is 0 Å². The monoisotopic (exact) mass is 494 g/mol. The van der Waals surface area contributed by atoms with Crippen LogP contribution in [0.15, 0.2) is 36.7 Å². The van der Waals surface area contributed by atoms with Gasteiger partial charge in [0.25, 0.3) is 0 Å². The first-order valence-electron chi connectivity index (χ1n) is 9.36. The molecule has 2 aromatic rings. The summed E-state index contributed by atoms with van der Waals surface area (Å²) < 4.78 is -0.205. The van der Waals surface area contributed by atoms with E-state index in [1.54, 1.807) is 12.4 Å². The molecule has 6 heteroatoms. The number of hydrogen-bond acceptors (Lipinski definition) is 3. The number of pyridine rings is 1. The molecule has 0 spiro atoms. The fourth-order valence-corrected chi connectivity index (χ4v) is 4.46. The van der Waals surface area contributed by atoms with Gasteiger partial charge in [0.2, 0.25) is 5.91 Å². The van der Waals surface area contributed by atoms with Crippen LogP contribution in [-0.2, 0) is 9.59 Å². The molecule has 28 heavy (non-hydrogen) atoms. The van der Waals surface area contributed by atoms with Crippen molar-refractivity contribution in [2.45, 2.75) is 50.5 Å². The Morgan fingerprint density at radius 2 is 1.82 bits per heavy atom. The molecule has 2 N–H and O–H groups in total. The molecule has 0 bridgehead atoms. The normalized spacial score (nSPS) is 13.2. The second kappa shape index (κ2) is 10.0. The maximum atomic E-state index is 12.6. The van der Waals surface area contributed by atoms with E-state index in [1.807, 2.05) is 38.1 Å². The molecule has 2 atom stereocenters. The largest absolute Gasteiger partial charge is 0.481 e. The van der Waals surface area contributed by atoms with Gasteiger partial charge in [-0.05, 0) is 54.5 Å². The lowest BCUT2D eigenvalue weighted by Gasteiger charge is -2.21. The van der Waals surface area contributed by atoms with Crippen LogP contribution in [0.1, 0.15) is 49.4 Å². The van der Waals surface area contributed by atoms with Crippen molar-refractivity contribution < 1.29 is 14.7 Å². The van der Waals surface area contributed by atoms with Crippen LogP contribution < -0.4 is 5.32 Å². The number of aliphatic carboxylic acids is 1. The summed E-state index contributed by atoms with van der Waals surface area (Å²) in [5.41, 5.74) is 4.96. The average Bonchev–Trinajstić information content (AvgIpc) is 2.60. The van der Waals surface area contributed by atoms with Crippen molar-refractivity contribution in [1.29, 1.82) is 0 Å². The summed E-state index contributed by atoms with van der Waals surface area (Å²) in [4.78, 5) is 28.3. The number of hydrogen-bond donors (Lipinski definition) is 2. The Morgan fingerprint density at radius 3 is 2.39 bits per heavy atom. The summed E-state index contributed by atoms with van der Waals surface area (Å²) >= 11 is 2.12. The number of halogens is 1. The Labute approximate surface area is 180 Å². The third kappa shape index (κ3) is 6.02. The van der Waals surface area contributed by atoms with Gasteiger partial charge in [0.15, 0.2) is 0 Å². The molecular weight excluding hydrogens is 467 g/mol. The van der Waals surface area contributed by atoms with Crippen molar-refractivity contribution in [3.63, 3.8) is 0 Å². The molecule has 1 aromatic carbocycles. The highest BCUT2D eigenvalue weighted by Crippen LogP contribution is 2.29. The molecule has 1 heterocycles. The predicted molar refractivity (Wildman–Crippen MR) is 120 cm³/mol. The van der Waals surface area contributed by atoms with Crippen LogP contribution in [0, 0.1) is 19.8 Å². The number of carbonyl (C=O) groups excluding carboxylic acids is 1. The molecule has 0 fully saturated rings. The molecule has 0 radical (unpaired) electrons. The van der Waals surface area contributed by atoms with Gasteiger partial charge in [-0.15, -0.1) is 0 Å². The molecular formula is C22H27IN2O3. The Bertz CT molecular complexity index is 831. The molecule has 5 nitrogen and oxygen atoms in total. The summed E-state index contributed by atoms with van der Waals surface area (Å²) in [5.74, 6) is -0.714. The maximum absolute atomic E-state index is 12.6. The first kappa shape index (κ1) is 22.3. The summed E-state index contributed by atoms with van der Waals surface area (Å²) in [7, 11) is 0. The van der Waals surface area contributed by atoms with Gasteiger partial charge < -0.3 is 10.4 Å². The molecule has 1 amide bonds. The van der Waals surface area contributed by atoms with Crippen LogP contribution in [0.5, 0.6) is 0 Å². The van der Waals surface area contributed by atoms with Gasteiger partial charge in [-0.1, -0.05) is 54.6 Å². The number of aromatic nitrogens is 1. The van der Waals surface area contributed by atoms with Gasteiger partial charge >= 0.3 is 5.97 Å². The second-order valence-corrected chi connectivity index (χ2v) is 9.03. The van der Waals surface area contributed by atoms with Crippen molar-refractivity contribution in [2.24, 2.45) is 5.92 Å². The lowest BCUT2D eigenvalue weighted by Crippen LogP contribution is -2.36. The fraction of sp³-hybridized carbons (Fsp3) is 0.409. The highest BCUT2D eigenvalue weighted by molar-refractivity contribution is 14.1. The maximum Gasteiger partial charge on any atom is 0.305 e. The van der Waals surface area contributed by atoms with E-state index in [4.69, 9.17) is 0 Å². The van der Waals surface area contributed by atoms with Crippen molar-refractivity contribution in [3.8, 4) is 11.1 Å². The summed E-state index contributed by atoms with van der Waals surface area (Å²) in [6, 6.07) is 7.40. The van der Waals surface area contributed by atoms with Gasteiger partial charge in [0.1, 0.15) is 0 Å². The number of alkyl halides is 1. The van der Waals surface area contributed by atoms with E-state index >= 15 is 0 Å². The fourth-order valence-electron chi connectivity index (χ4n) is 3.26. The Hall–Kier alpha value is -1.96. The second-order valence-electron chi connectivity index (χ2n) is 7.53. The quantitative estimate of drug-likeness (QED) is 0.407. The smallest absolute Gasteiger partial charge is 0.305 e. The van der Waals surface area contributed by atoms with E-state index in [0.717, 1.165) is 28.7 Å². The van der Waals surface area contributed by atoms with E-state index < -0.39 is 12.0 Å². The highest BCUT2D eigenvalue weighted by Gasteiger charge is 2.23. The minimum atomic E-state index is -0.961. The van der Waals surface area contributed by atoms with Gasteiger partial charge in [-0.25, -0.2) is 0 Å². The molecule has 0 saturated heterocycles. The standard InChI is InChI=1S/C22H27IN2O3/c1-13(2)8-18(23)22(28)25-19(10-20(26)27)16-9-17(12-24-11-16)21-14(3)6-5-7-15(21)4/h5-7,9,11-13,18-19H,8,10H2,1-4H3,(H,25,28)(H,26,27)/t18?,19-/m0/s1. The van der Waals surface area contributed by atoms with Crippen LogP contribution in [0.2, 0.25) is 0 Å². The number of carboxylic acid groups (broad SMARTS) is 1. The topological polar surface area (TPSA) is 79.3 Å². The van der Waals surface area contributed by atoms with E-state index in [1.165, 1.54) is 0 Å². The molecule has 1 unspecified atom stereocenters. The Kier molecular flexibility index (Phi) is 7.98. The lowest BCUT2D eigenvalue weighted by molar-refractivity contribution is -0.137. The number of nitrogens with one attached hydrogen (secondary N) is 1. The number of carboxylic acids is 1. The molecule has 2 rings (SSSR count). The number of benzene rings is 1. The minimum absolute atomic E-state index is 0.141. The minimum Gasteiger partial charge on any atom is -0.481 e. The Balaban J connectivity index is 2.34. The highest BCUT2D eigenvalue weighted by atomic mass is 127. The molecule has 0 aliphatic rings. The van der Waals surface area contributed by atoms with Gasteiger partial charge in [0.05, 0.1) is 16.4 Å². The van der Waals surface area contributed by atoms with E-state index in [9.17, 15) is 14.7 Å². The summed E-state index contributed by atoms with van der Waals surface area (Å²) in [6.07, 6.45) is 3.97. The van der Waals surface area contributed by atoms with Crippen molar-refractivity contribution in [3.05, 3.63) is 53.3 Å². The molecule has 0 saturated carbocycles. The zero-order valence-electron chi connectivity index (χ0n) is 16.7. The van der Waals surface area contributed by atoms with Crippen molar-refractivity contribution in [2.75, 3.05) is 0 Å². The van der Waals surface area contributed by atoms with Gasteiger partial charge in [-0.3, -0.25) is 14.6 Å². The number of rotatable bonds is 8. The van der Waals surface area contributed by atoms with Gasteiger partial charge in [0, 0.05) is 18.0 Å². The van der Waals surface area contributed by atoms with E-state index in [-0.39, 0.29) is 16.3 Å². The molecule has 0 aliphatic carbocycles. The SMILES string of the molecule is Cc1cccc(C)c1-c1cncc([C@H](CC(=O)O)NC(=O)C(I)CC(C)C)c1. The third-order valence-corrected chi connectivity index (χ3v) is 5.66. The summed E-state index contributed by atoms with van der Waals surface area (Å²) in [5, 5.41) is 12.3. The average molecular weight is 494 g/mol. The Morgan fingerprint density at radius 1 is 1.18 bits per heavy atom. The molecule has 0 aliphatic heterocycles. The number of nitrogens with zero attached hydrogens (tertiary/aromatic N) is 1. The zero-order valence-corrected chi connectivity index (χ0v) is 18.9. The first-order valence-corrected chi connectivity index (χ1v) is 10.6. The van der Waals surface area contributed by atoms with Gasteiger partial charge in [-0.2, -0.15) is 0 Å². The number of carbonyl (C=O) groups is 2. The van der Waals surface area contributed by atoms with E-state index in [2.05, 4.69) is 46.7 Å². The first-order chi connectivity index (χ1) is 13.2. The van der Waals surface area contributed by atoms with Crippen LogP contribution in [0.25, 0.3) is 11.1 Å². The van der Waals surface area contributed by atoms with Crippen LogP contribution in [0.4, 0.5) is 0 Å². The summed E-state index contributed by atoms with van der Waals surface area (Å²) in [6.45, 7) is 8.20. The van der Waals surface area contributed by atoms with Crippen molar-refractivity contribution >= 4 is 34.5 Å². The molecule has 150 valence electrons. The zero-order chi connectivity index (χ0) is 20.8. The van der Waals surface area contributed by atoms with Crippen LogP contribution >= 0.6 is 22.6 Å². The third-order valence-electron chi connectivity index (χ3n) is 4.59. The number of amides is 1. The number of aryl methyl sites for hydroxylation is 2. The van der Waals surface area contributed by atoms with Crippen LogP contribution in [-0.4, -0.2) is 25.9 Å². The lowest BCUT2D eigenvalue weighted by atomic mass is 9.94. The molecule has 1 aromatic heterocycles. The van der Waals surface area contributed by atoms with Crippen molar-refractivity contribution in [1.82, 2.24) is 10.3 Å². The van der Waals surface area contributed by atoms with E-state index in [0.29, 0.717) is 11.5 Å². The predicted octanol–water partition coefficient (Wildman–Crippen LogP) is 4.85.